The number of hydrogen-bond donors (Lipinski definition) is 0. The normalized spacial score (nSPS) is 15.1. The first-order valence-electron chi connectivity index (χ1n) is 13.3. The van der Waals surface area contributed by atoms with E-state index in [-0.39, 0.29) is 18.4 Å². The molecule has 10 heteroatoms. The van der Waals surface area contributed by atoms with E-state index in [1.165, 1.54) is 23.2 Å². The van der Waals surface area contributed by atoms with Gasteiger partial charge in [-0.1, -0.05) is 60.1 Å². The van der Waals surface area contributed by atoms with Crippen LogP contribution in [0.25, 0.3) is 11.1 Å². The van der Waals surface area contributed by atoms with Crippen molar-refractivity contribution in [2.45, 2.75) is 12.5 Å². The van der Waals surface area contributed by atoms with Gasteiger partial charge in [0.1, 0.15) is 11.7 Å². The van der Waals surface area contributed by atoms with E-state index in [9.17, 15) is 14.7 Å². The summed E-state index contributed by atoms with van der Waals surface area (Å²) in [5, 5.41) is 20.3. The fraction of sp³-hybridized carbons (Fsp3) is 0.0606. The maximum Gasteiger partial charge on any atom is 0.333 e. The van der Waals surface area contributed by atoms with Crippen LogP contribution in [-0.2, 0) is 11.3 Å². The molecule has 210 valence electrons. The second kappa shape index (κ2) is 12.1. The molecule has 0 bridgehead atoms. The Hall–Kier alpha value is -5.54. The lowest BCUT2D eigenvalue weighted by Gasteiger charge is -2.26. The second-order valence-electron chi connectivity index (χ2n) is 9.75. The van der Waals surface area contributed by atoms with Crippen molar-refractivity contribution < 1.29 is 19.3 Å². The zero-order valence-corrected chi connectivity index (χ0v) is 23.4. The second-order valence-corrected chi connectivity index (χ2v) is 10.1. The van der Waals surface area contributed by atoms with E-state index >= 15 is 0 Å². The molecule has 0 saturated heterocycles. The van der Waals surface area contributed by atoms with Crippen LogP contribution in [0.3, 0.4) is 0 Å². The van der Waals surface area contributed by atoms with Gasteiger partial charge in [0, 0.05) is 36.1 Å². The molecule has 1 aliphatic heterocycles. The summed E-state index contributed by atoms with van der Waals surface area (Å²) in [6, 6.07) is 26.8. The van der Waals surface area contributed by atoms with Gasteiger partial charge in [-0.2, -0.15) is 19.7 Å². The molecule has 9 nitrogen and oxygen atoms in total. The van der Waals surface area contributed by atoms with Gasteiger partial charge in [-0.25, -0.2) is 14.6 Å². The molecule has 0 aliphatic carbocycles. The number of carbonyl (C=O) groups is 2. The number of benzene rings is 2. The summed E-state index contributed by atoms with van der Waals surface area (Å²) in [5.74, 6) is -1.68. The molecule has 1 aliphatic rings. The van der Waals surface area contributed by atoms with Crippen molar-refractivity contribution >= 4 is 41.3 Å². The third kappa shape index (κ3) is 5.93. The van der Waals surface area contributed by atoms with Gasteiger partial charge in [0.05, 0.1) is 12.4 Å². The van der Waals surface area contributed by atoms with E-state index in [1.54, 1.807) is 65.8 Å². The maximum absolute atomic E-state index is 13.9. The molecule has 0 saturated carbocycles. The first-order valence-corrected chi connectivity index (χ1v) is 13.7. The standard InChI is InChI=1S/C33H23ClN6O3/c34-28-11-10-23(19-36-28)21-40-29-9-1-2-16-39(29)32(42)30(33(40)43)27-8-4-7-26(18-27)25-6-3-5-22(17-25)20-37-38-31(41)24-12-14-35-15-13-24/h1-20,30H,21H2/b37-20+. The highest BCUT2D eigenvalue weighted by molar-refractivity contribution is 6.29. The molecule has 0 spiro atoms. The van der Waals surface area contributed by atoms with Crippen LogP contribution >= 0.6 is 11.6 Å². The number of rotatable bonds is 7. The fourth-order valence-corrected chi connectivity index (χ4v) is 4.99. The lowest BCUT2D eigenvalue weighted by Crippen LogP contribution is -2.59. The Morgan fingerprint density at radius 1 is 0.953 bits per heavy atom. The molecule has 3 aromatic heterocycles. The first kappa shape index (κ1) is 27.6. The van der Waals surface area contributed by atoms with Crippen molar-refractivity contribution in [1.82, 2.24) is 9.97 Å². The number of pyridine rings is 3. The topological polar surface area (TPSA) is 115 Å². The summed E-state index contributed by atoms with van der Waals surface area (Å²) in [6.07, 6.45) is 7.82. The molecule has 2 aromatic carbocycles. The van der Waals surface area contributed by atoms with Crippen LogP contribution in [-0.4, -0.2) is 33.9 Å². The number of carbonyl (C=O) groups excluding carboxylic acids is 2. The van der Waals surface area contributed by atoms with E-state index < -0.39 is 11.8 Å². The van der Waals surface area contributed by atoms with Gasteiger partial charge in [0.2, 0.25) is 0 Å². The molecule has 43 heavy (non-hydrogen) atoms. The smallest absolute Gasteiger partial charge is 0.333 e. The van der Waals surface area contributed by atoms with Crippen molar-refractivity contribution in [1.29, 1.82) is 0 Å². The zero-order valence-electron chi connectivity index (χ0n) is 22.6. The predicted molar refractivity (Wildman–Crippen MR) is 161 cm³/mol. The number of nitrogens with zero attached hydrogens (tertiary/aromatic N) is 6. The molecule has 0 N–H and O–H groups in total. The van der Waals surface area contributed by atoms with Gasteiger partial charge in [0.25, 0.3) is 5.82 Å². The van der Waals surface area contributed by atoms with Crippen molar-refractivity contribution in [2.24, 2.45) is 10.2 Å². The number of amides is 1. The van der Waals surface area contributed by atoms with Crippen molar-refractivity contribution in [3.8, 4) is 11.1 Å². The monoisotopic (exact) mass is 586 g/mol. The number of fused-ring (bicyclic) bond motifs is 1. The van der Waals surface area contributed by atoms with Crippen LogP contribution in [0.1, 0.15) is 33.0 Å². The summed E-state index contributed by atoms with van der Waals surface area (Å²) in [6.45, 7) is 0.229. The highest BCUT2D eigenvalue weighted by Crippen LogP contribution is 2.31. The molecule has 1 atom stereocenters. The van der Waals surface area contributed by atoms with Crippen molar-refractivity contribution in [2.75, 3.05) is 4.90 Å². The lowest BCUT2D eigenvalue weighted by molar-refractivity contribution is -0.563. The van der Waals surface area contributed by atoms with Gasteiger partial charge < -0.3 is 5.11 Å². The average molecular weight is 587 g/mol. The van der Waals surface area contributed by atoms with Crippen LogP contribution in [0.2, 0.25) is 5.15 Å². The van der Waals surface area contributed by atoms with Gasteiger partial charge in [-0.05, 0) is 64.2 Å². The molecular weight excluding hydrogens is 564 g/mol. The minimum atomic E-state index is -1.04. The Morgan fingerprint density at radius 3 is 2.53 bits per heavy atom. The van der Waals surface area contributed by atoms with Crippen LogP contribution < -0.4 is 14.6 Å². The van der Waals surface area contributed by atoms with Crippen LogP contribution in [0, 0.1) is 0 Å². The molecular formula is C33H23ClN6O3. The third-order valence-corrected chi connectivity index (χ3v) is 7.19. The molecule has 0 fully saturated rings. The van der Waals surface area contributed by atoms with Gasteiger partial charge in [-0.3, -0.25) is 4.98 Å². The highest BCUT2D eigenvalue weighted by atomic mass is 35.5. The molecule has 5 aromatic rings. The Kier molecular flexibility index (Phi) is 7.80. The number of halogens is 1. The first-order chi connectivity index (χ1) is 21.0. The number of aromatic nitrogens is 3. The summed E-state index contributed by atoms with van der Waals surface area (Å²) in [4.78, 5) is 37.2. The summed E-state index contributed by atoms with van der Waals surface area (Å²) in [5.41, 5.74) is 4.14. The SMILES string of the molecule is O=C1C(c2cccc(-c3cccc(/C=N/N=C(\[O-])c4ccncc4)c3)c2)C(=O)[n+]2ccccc2N1Cc1ccc(Cl)nc1. The third-order valence-electron chi connectivity index (χ3n) is 6.96. The van der Waals surface area contributed by atoms with Gasteiger partial charge in [-0.15, -0.1) is 0 Å². The Morgan fingerprint density at radius 2 is 1.74 bits per heavy atom. The molecule has 0 radical (unpaired) electrons. The minimum absolute atomic E-state index is 0.229. The van der Waals surface area contributed by atoms with Crippen molar-refractivity contribution in [3.05, 3.63) is 143 Å². The zero-order chi connectivity index (χ0) is 29.8. The summed E-state index contributed by atoms with van der Waals surface area (Å²) < 4.78 is 1.51. The van der Waals surface area contributed by atoms with E-state index in [0.29, 0.717) is 22.1 Å². The Labute approximate surface area is 252 Å². The predicted octanol–water partition coefficient (Wildman–Crippen LogP) is 4.20. The van der Waals surface area contributed by atoms with Crippen molar-refractivity contribution in [3.63, 3.8) is 0 Å². The van der Waals surface area contributed by atoms with Crippen LogP contribution in [0.4, 0.5) is 5.82 Å². The van der Waals surface area contributed by atoms with E-state index in [1.807, 2.05) is 42.5 Å². The Balaban J connectivity index is 1.29. The summed E-state index contributed by atoms with van der Waals surface area (Å²) >= 11 is 5.95. The van der Waals surface area contributed by atoms with E-state index in [2.05, 4.69) is 20.2 Å². The van der Waals surface area contributed by atoms with Gasteiger partial charge >= 0.3 is 11.8 Å². The lowest BCUT2D eigenvalue weighted by atomic mass is 9.91. The molecule has 6 rings (SSSR count). The number of anilines is 1. The van der Waals surface area contributed by atoms with Crippen LogP contribution in [0.5, 0.6) is 0 Å². The van der Waals surface area contributed by atoms with Crippen LogP contribution in [0.15, 0.2) is 126 Å². The molecule has 4 heterocycles. The average Bonchev–Trinajstić information content (AvgIpc) is 3.05. The quantitative estimate of drug-likeness (QED) is 0.0708. The van der Waals surface area contributed by atoms with E-state index in [0.717, 1.165) is 22.3 Å². The minimum Gasteiger partial charge on any atom is -0.857 e. The van der Waals surface area contributed by atoms with E-state index in [4.69, 9.17) is 11.6 Å². The highest BCUT2D eigenvalue weighted by Gasteiger charge is 2.47. The maximum atomic E-state index is 13.9. The number of hydrogen-bond acceptors (Lipinski definition) is 7. The summed E-state index contributed by atoms with van der Waals surface area (Å²) in [7, 11) is 0. The molecule has 1 amide bonds. The van der Waals surface area contributed by atoms with Gasteiger partial charge in [0.15, 0.2) is 5.92 Å². The largest absolute Gasteiger partial charge is 0.857 e. The molecule has 1 unspecified atom stereocenters. The fourth-order valence-electron chi connectivity index (χ4n) is 4.88. The Bertz CT molecular complexity index is 1880.